The molecule has 0 saturated heterocycles. The molecule has 1 aromatic carbocycles. The molecule has 1 atom stereocenters. The summed E-state index contributed by atoms with van der Waals surface area (Å²) in [6.07, 6.45) is -2.42. The summed E-state index contributed by atoms with van der Waals surface area (Å²) in [7, 11) is 0. The van der Waals surface area contributed by atoms with Crippen LogP contribution in [0.25, 0.3) is 0 Å². The highest BCUT2D eigenvalue weighted by molar-refractivity contribution is 5.72. The van der Waals surface area contributed by atoms with Crippen LogP contribution in [0, 0.1) is 22.0 Å². The van der Waals surface area contributed by atoms with Gasteiger partial charge < -0.3 is 14.6 Å². The first-order valence-electron chi connectivity index (χ1n) is 7.03. The van der Waals surface area contributed by atoms with Gasteiger partial charge in [-0.3, -0.25) is 14.9 Å². The fourth-order valence-electron chi connectivity index (χ4n) is 1.88. The highest BCUT2D eigenvalue weighted by atomic mass is 16.7. The molecule has 0 bridgehead atoms. The molecule has 0 aliphatic carbocycles. The molecule has 126 valence electrons. The zero-order chi connectivity index (χ0) is 17.7. The molecule has 0 fully saturated rings. The van der Waals surface area contributed by atoms with Crippen molar-refractivity contribution in [2.24, 2.45) is 11.8 Å². The minimum Gasteiger partial charge on any atom is -0.457 e. The van der Waals surface area contributed by atoms with E-state index in [2.05, 4.69) is 4.74 Å². The van der Waals surface area contributed by atoms with Crippen molar-refractivity contribution in [3.05, 3.63) is 33.9 Å². The van der Waals surface area contributed by atoms with Gasteiger partial charge in [-0.2, -0.15) is 0 Å². The summed E-state index contributed by atoms with van der Waals surface area (Å²) in [5, 5.41) is 19.7. The predicted octanol–water partition coefficient (Wildman–Crippen LogP) is 3.55. The number of benzene rings is 1. The van der Waals surface area contributed by atoms with Crippen molar-refractivity contribution < 1.29 is 29.1 Å². The second kappa shape index (κ2) is 7.57. The number of carbonyl (C=O) groups excluding carboxylic acids is 1. The molecule has 0 saturated carbocycles. The van der Waals surface area contributed by atoms with Gasteiger partial charge in [0.05, 0.1) is 10.8 Å². The van der Waals surface area contributed by atoms with Gasteiger partial charge in [-0.05, 0) is 12.0 Å². The van der Waals surface area contributed by atoms with Crippen molar-refractivity contribution in [3.8, 4) is 5.75 Å². The lowest BCUT2D eigenvalue weighted by Gasteiger charge is -2.24. The average Bonchev–Trinajstić information content (AvgIpc) is 2.43. The van der Waals surface area contributed by atoms with E-state index in [-0.39, 0.29) is 22.9 Å². The Morgan fingerprint density at radius 2 is 1.83 bits per heavy atom. The normalized spacial score (nSPS) is 12.1. The van der Waals surface area contributed by atoms with E-state index in [9.17, 15) is 19.7 Å². The van der Waals surface area contributed by atoms with Crippen LogP contribution in [0.4, 0.5) is 10.5 Å². The van der Waals surface area contributed by atoms with Crippen LogP contribution < -0.4 is 4.74 Å². The smallest absolute Gasteiger partial charge is 0.457 e. The van der Waals surface area contributed by atoms with Gasteiger partial charge in [0.15, 0.2) is 0 Å². The molecule has 8 heteroatoms. The molecule has 0 aromatic heterocycles. The number of rotatable bonds is 6. The molecular weight excluding hydrogens is 306 g/mol. The lowest BCUT2D eigenvalue weighted by molar-refractivity contribution is -0.385. The Kier molecular flexibility index (Phi) is 6.06. The molecule has 1 N–H and O–H groups in total. The van der Waals surface area contributed by atoms with Crippen molar-refractivity contribution in [2.45, 2.75) is 33.8 Å². The lowest BCUT2D eigenvalue weighted by atomic mass is 9.97. The number of hydrogen-bond donors (Lipinski definition) is 1. The standard InChI is InChI=1S/C15H19NO7/c1-8(2)13(23-14(17)9(3)4)11-7-10(16(20)21)5-6-12(11)22-15(18)19/h5-9,13H,1-4H3,(H,18,19). The van der Waals surface area contributed by atoms with Crippen molar-refractivity contribution in [2.75, 3.05) is 0 Å². The monoisotopic (exact) mass is 325 g/mol. The van der Waals surface area contributed by atoms with E-state index in [1.165, 1.54) is 6.07 Å². The summed E-state index contributed by atoms with van der Waals surface area (Å²) < 4.78 is 10.0. The second-order valence-corrected chi connectivity index (χ2v) is 5.60. The first-order chi connectivity index (χ1) is 10.6. The zero-order valence-corrected chi connectivity index (χ0v) is 13.3. The molecule has 8 nitrogen and oxygen atoms in total. The first kappa shape index (κ1) is 18.4. The summed E-state index contributed by atoms with van der Waals surface area (Å²) in [5.41, 5.74) is -0.102. The fourth-order valence-corrected chi connectivity index (χ4v) is 1.88. The van der Waals surface area contributed by atoms with Crippen molar-refractivity contribution in [3.63, 3.8) is 0 Å². The third-order valence-electron chi connectivity index (χ3n) is 3.03. The Balaban J connectivity index is 3.35. The topological polar surface area (TPSA) is 116 Å². The third kappa shape index (κ3) is 4.94. The van der Waals surface area contributed by atoms with Crippen molar-refractivity contribution in [1.82, 2.24) is 0 Å². The molecular formula is C15H19NO7. The number of esters is 1. The van der Waals surface area contributed by atoms with Crippen molar-refractivity contribution >= 4 is 17.8 Å². The average molecular weight is 325 g/mol. The predicted molar refractivity (Wildman–Crippen MR) is 80.3 cm³/mol. The minimum absolute atomic E-state index is 0.0987. The largest absolute Gasteiger partial charge is 0.511 e. The maximum atomic E-state index is 11.9. The molecule has 0 heterocycles. The molecule has 23 heavy (non-hydrogen) atoms. The molecule has 0 amide bonds. The molecule has 1 aromatic rings. The molecule has 0 aliphatic heterocycles. The summed E-state index contributed by atoms with van der Waals surface area (Å²) in [5.74, 6) is -1.22. The van der Waals surface area contributed by atoms with Gasteiger partial charge in [-0.15, -0.1) is 0 Å². The number of nitro groups is 1. The maximum absolute atomic E-state index is 11.9. The van der Waals surface area contributed by atoms with E-state index < -0.39 is 29.1 Å². The number of nitro benzene ring substituents is 1. The van der Waals surface area contributed by atoms with E-state index in [4.69, 9.17) is 9.84 Å². The number of non-ortho nitro benzene ring substituents is 1. The van der Waals surface area contributed by atoms with Crippen LogP contribution >= 0.6 is 0 Å². The third-order valence-corrected chi connectivity index (χ3v) is 3.03. The Hall–Kier alpha value is -2.64. The first-order valence-corrected chi connectivity index (χ1v) is 7.03. The molecule has 1 rings (SSSR count). The van der Waals surface area contributed by atoms with Crippen LogP contribution in [-0.2, 0) is 9.53 Å². The van der Waals surface area contributed by atoms with Gasteiger partial charge >= 0.3 is 12.1 Å². The van der Waals surface area contributed by atoms with Gasteiger partial charge in [-0.1, -0.05) is 27.7 Å². The van der Waals surface area contributed by atoms with E-state index in [1.54, 1.807) is 27.7 Å². The van der Waals surface area contributed by atoms with Crippen LogP contribution in [0.3, 0.4) is 0 Å². The summed E-state index contributed by atoms with van der Waals surface area (Å²) >= 11 is 0. The number of ether oxygens (including phenoxy) is 2. The number of nitrogens with zero attached hydrogens (tertiary/aromatic N) is 1. The highest BCUT2D eigenvalue weighted by Gasteiger charge is 2.28. The fraction of sp³-hybridized carbons (Fsp3) is 0.467. The summed E-state index contributed by atoms with van der Waals surface area (Å²) in [6, 6.07) is 3.47. The van der Waals surface area contributed by atoms with Gasteiger partial charge in [0.25, 0.3) is 5.69 Å². The van der Waals surface area contributed by atoms with E-state index >= 15 is 0 Å². The number of carbonyl (C=O) groups is 2. The van der Waals surface area contributed by atoms with Gasteiger partial charge in [-0.25, -0.2) is 4.79 Å². The quantitative estimate of drug-likeness (QED) is 0.368. The van der Waals surface area contributed by atoms with Crippen LogP contribution in [0.15, 0.2) is 18.2 Å². The number of carboxylic acid groups (broad SMARTS) is 1. The molecule has 1 unspecified atom stereocenters. The summed E-state index contributed by atoms with van der Waals surface area (Å²) in [6.45, 7) is 6.81. The lowest BCUT2D eigenvalue weighted by Crippen LogP contribution is -2.21. The second-order valence-electron chi connectivity index (χ2n) is 5.60. The van der Waals surface area contributed by atoms with E-state index in [0.717, 1.165) is 12.1 Å². The van der Waals surface area contributed by atoms with Gasteiger partial charge in [0.1, 0.15) is 11.9 Å². The van der Waals surface area contributed by atoms with Gasteiger partial charge in [0.2, 0.25) is 0 Å². The van der Waals surface area contributed by atoms with E-state index in [1.807, 2.05) is 0 Å². The Bertz CT molecular complexity index is 610. The van der Waals surface area contributed by atoms with E-state index in [0.29, 0.717) is 0 Å². The zero-order valence-electron chi connectivity index (χ0n) is 13.3. The maximum Gasteiger partial charge on any atom is 0.511 e. The SMILES string of the molecule is CC(C)C(=O)OC(c1cc([N+](=O)[O-])ccc1OC(=O)O)C(C)C. The summed E-state index contributed by atoms with van der Waals surface area (Å²) in [4.78, 5) is 33.0. The van der Waals surface area contributed by atoms with Gasteiger partial charge in [0, 0.05) is 17.7 Å². The van der Waals surface area contributed by atoms with Crippen LogP contribution in [0.2, 0.25) is 0 Å². The Morgan fingerprint density at radius 1 is 1.22 bits per heavy atom. The van der Waals surface area contributed by atoms with Crippen LogP contribution in [-0.4, -0.2) is 22.2 Å². The molecule has 0 aliphatic rings. The van der Waals surface area contributed by atoms with Crippen LogP contribution in [0.1, 0.15) is 39.4 Å². The minimum atomic E-state index is -1.56. The highest BCUT2D eigenvalue weighted by Crippen LogP contribution is 2.36. The number of hydrogen-bond acceptors (Lipinski definition) is 6. The molecule has 0 radical (unpaired) electrons. The Morgan fingerprint density at radius 3 is 2.26 bits per heavy atom. The molecule has 0 spiro atoms. The van der Waals surface area contributed by atoms with Crippen molar-refractivity contribution in [1.29, 1.82) is 0 Å². The Labute approximate surface area is 133 Å². The van der Waals surface area contributed by atoms with Crippen LogP contribution in [0.5, 0.6) is 5.75 Å².